The van der Waals surface area contributed by atoms with Gasteiger partial charge in [-0.05, 0) is 82.1 Å². The fourth-order valence-corrected chi connectivity index (χ4v) is 6.00. The Kier molecular flexibility index (Phi) is 10.5. The number of amides is 2. The van der Waals surface area contributed by atoms with Crippen LogP contribution in [0.2, 0.25) is 15.1 Å². The highest BCUT2D eigenvalue weighted by Gasteiger charge is 2.33. The number of halogens is 3. The van der Waals surface area contributed by atoms with Crippen LogP contribution in [0.15, 0.2) is 65.6 Å². The summed E-state index contributed by atoms with van der Waals surface area (Å²) in [5, 5.41) is 3.81. The van der Waals surface area contributed by atoms with E-state index in [0.717, 1.165) is 9.87 Å². The zero-order chi connectivity index (χ0) is 29.8. The number of carbonyl (C=O) groups excluding carboxylic acids is 2. The minimum Gasteiger partial charge on any atom is -0.352 e. The monoisotopic (exact) mass is 623 g/mol. The lowest BCUT2D eigenvalue weighted by Gasteiger charge is -2.33. The maximum Gasteiger partial charge on any atom is 0.264 e. The first-order chi connectivity index (χ1) is 18.7. The fourth-order valence-electron chi connectivity index (χ4n) is 4.04. The summed E-state index contributed by atoms with van der Waals surface area (Å²) in [5.41, 5.74) is 2.27. The summed E-state index contributed by atoms with van der Waals surface area (Å²) in [7, 11) is -4.20. The highest BCUT2D eigenvalue weighted by Crippen LogP contribution is 2.31. The molecule has 3 rings (SSSR count). The van der Waals surface area contributed by atoms with Crippen molar-refractivity contribution in [2.45, 2.75) is 58.1 Å². The Morgan fingerprint density at radius 2 is 1.52 bits per heavy atom. The summed E-state index contributed by atoms with van der Waals surface area (Å²) >= 11 is 18.6. The van der Waals surface area contributed by atoms with Crippen molar-refractivity contribution >= 4 is 62.3 Å². The molecule has 0 aromatic heterocycles. The minimum absolute atomic E-state index is 0.00461. The molecule has 40 heavy (non-hydrogen) atoms. The standard InChI is InChI=1S/C29H32Cl3N3O4S/c1-18(2)33-29(37)21(5)34(16-22-11-14-25(31)26(32)15-22)28(36)17-35(27-8-6-7-24(30)20(27)4)40(38,39)23-12-9-19(3)10-13-23/h6-15,18,21H,16-17H2,1-5H3,(H,33,37)/t21-/m1/s1. The van der Waals surface area contributed by atoms with Gasteiger partial charge in [0.05, 0.1) is 20.6 Å². The molecule has 0 radical (unpaired) electrons. The van der Waals surface area contributed by atoms with Crippen LogP contribution in [0.25, 0.3) is 0 Å². The number of nitrogens with one attached hydrogen (secondary N) is 1. The van der Waals surface area contributed by atoms with Crippen LogP contribution in [0.3, 0.4) is 0 Å². The lowest BCUT2D eigenvalue weighted by molar-refractivity contribution is -0.139. The third-order valence-electron chi connectivity index (χ3n) is 6.33. The summed E-state index contributed by atoms with van der Waals surface area (Å²) in [6.07, 6.45) is 0. The van der Waals surface area contributed by atoms with Crippen LogP contribution >= 0.6 is 34.8 Å². The van der Waals surface area contributed by atoms with Crippen molar-refractivity contribution in [1.29, 1.82) is 0 Å². The summed E-state index contributed by atoms with van der Waals surface area (Å²) in [5.74, 6) is -0.970. The molecule has 1 atom stereocenters. The zero-order valence-electron chi connectivity index (χ0n) is 22.9. The number of rotatable bonds is 10. The number of benzene rings is 3. The molecule has 2 amide bonds. The van der Waals surface area contributed by atoms with Crippen LogP contribution in [0.4, 0.5) is 5.69 Å². The van der Waals surface area contributed by atoms with E-state index in [9.17, 15) is 18.0 Å². The number of anilines is 1. The van der Waals surface area contributed by atoms with Crippen LogP contribution in [0.1, 0.15) is 37.5 Å². The predicted octanol–water partition coefficient (Wildman–Crippen LogP) is 6.40. The maximum atomic E-state index is 14.0. The molecule has 0 unspecified atom stereocenters. The Bertz CT molecular complexity index is 1490. The quantitative estimate of drug-likeness (QED) is 0.283. The summed E-state index contributed by atoms with van der Waals surface area (Å²) < 4.78 is 28.9. The van der Waals surface area contributed by atoms with Gasteiger partial charge in [0.15, 0.2) is 0 Å². The second-order valence-electron chi connectivity index (χ2n) is 9.82. The third kappa shape index (κ3) is 7.49. The van der Waals surface area contributed by atoms with Crippen molar-refractivity contribution in [3.05, 3.63) is 92.4 Å². The van der Waals surface area contributed by atoms with E-state index in [1.165, 1.54) is 17.0 Å². The predicted molar refractivity (Wildman–Crippen MR) is 162 cm³/mol. The number of hydrogen-bond acceptors (Lipinski definition) is 4. The normalized spacial score (nSPS) is 12.2. The molecule has 3 aromatic rings. The topological polar surface area (TPSA) is 86.8 Å². The lowest BCUT2D eigenvalue weighted by atomic mass is 10.1. The number of nitrogens with zero attached hydrogens (tertiary/aromatic N) is 2. The second-order valence-corrected chi connectivity index (χ2v) is 12.9. The summed E-state index contributed by atoms with van der Waals surface area (Å²) in [6.45, 7) is 8.18. The van der Waals surface area contributed by atoms with E-state index in [0.29, 0.717) is 26.2 Å². The van der Waals surface area contributed by atoms with Crippen molar-refractivity contribution in [2.75, 3.05) is 10.8 Å². The van der Waals surface area contributed by atoms with Gasteiger partial charge in [0.1, 0.15) is 12.6 Å². The van der Waals surface area contributed by atoms with E-state index in [1.807, 2.05) is 20.8 Å². The molecule has 7 nitrogen and oxygen atoms in total. The molecular weight excluding hydrogens is 593 g/mol. The van der Waals surface area contributed by atoms with Crippen LogP contribution < -0.4 is 9.62 Å². The molecule has 0 heterocycles. The fraction of sp³-hybridized carbons (Fsp3) is 0.310. The molecule has 214 valence electrons. The van der Waals surface area contributed by atoms with Crippen LogP contribution in [0.5, 0.6) is 0 Å². The number of aryl methyl sites for hydroxylation is 1. The maximum absolute atomic E-state index is 14.0. The van der Waals surface area contributed by atoms with Crippen molar-refractivity contribution in [2.24, 2.45) is 0 Å². The van der Waals surface area contributed by atoms with Gasteiger partial charge in [0.2, 0.25) is 11.8 Å². The van der Waals surface area contributed by atoms with E-state index in [-0.39, 0.29) is 29.1 Å². The Labute approximate surface area is 251 Å². The molecule has 0 aliphatic heterocycles. The Morgan fingerprint density at radius 3 is 2.12 bits per heavy atom. The van der Waals surface area contributed by atoms with Gasteiger partial charge in [-0.3, -0.25) is 13.9 Å². The third-order valence-corrected chi connectivity index (χ3v) is 9.25. The molecule has 0 bridgehead atoms. The van der Waals surface area contributed by atoms with Crippen molar-refractivity contribution < 1.29 is 18.0 Å². The molecule has 0 saturated carbocycles. The molecule has 11 heteroatoms. The largest absolute Gasteiger partial charge is 0.352 e. The first-order valence-electron chi connectivity index (χ1n) is 12.6. The van der Waals surface area contributed by atoms with E-state index in [2.05, 4.69) is 5.32 Å². The summed E-state index contributed by atoms with van der Waals surface area (Å²) in [4.78, 5) is 28.4. The van der Waals surface area contributed by atoms with Crippen molar-refractivity contribution in [3.8, 4) is 0 Å². The lowest BCUT2D eigenvalue weighted by Crippen LogP contribution is -2.52. The average molecular weight is 625 g/mol. The van der Waals surface area contributed by atoms with Gasteiger partial charge >= 0.3 is 0 Å². The van der Waals surface area contributed by atoms with Crippen molar-refractivity contribution in [3.63, 3.8) is 0 Å². The summed E-state index contributed by atoms with van der Waals surface area (Å²) in [6, 6.07) is 15.1. The van der Waals surface area contributed by atoms with Crippen molar-refractivity contribution in [1.82, 2.24) is 10.2 Å². The van der Waals surface area contributed by atoms with Gasteiger partial charge in [0, 0.05) is 17.6 Å². The SMILES string of the molecule is Cc1ccc(S(=O)(=O)N(CC(=O)N(Cc2ccc(Cl)c(Cl)c2)[C@H](C)C(=O)NC(C)C)c2cccc(Cl)c2C)cc1. The van der Waals surface area contributed by atoms with E-state index < -0.39 is 28.5 Å². The first kappa shape index (κ1) is 31.7. The van der Waals surface area contributed by atoms with Crippen LogP contribution in [0, 0.1) is 13.8 Å². The van der Waals surface area contributed by atoms with Gasteiger partial charge < -0.3 is 10.2 Å². The molecule has 0 aliphatic carbocycles. The van der Waals surface area contributed by atoms with E-state index >= 15 is 0 Å². The zero-order valence-corrected chi connectivity index (χ0v) is 26.0. The highest BCUT2D eigenvalue weighted by molar-refractivity contribution is 7.92. The number of carbonyl (C=O) groups is 2. The molecule has 0 spiro atoms. The van der Waals surface area contributed by atoms with Gasteiger partial charge in [0.25, 0.3) is 10.0 Å². The van der Waals surface area contributed by atoms with E-state index in [4.69, 9.17) is 34.8 Å². The molecule has 0 aliphatic rings. The van der Waals surface area contributed by atoms with Crippen LogP contribution in [-0.2, 0) is 26.2 Å². The van der Waals surface area contributed by atoms with E-state index in [1.54, 1.807) is 62.4 Å². The Morgan fingerprint density at radius 1 is 0.875 bits per heavy atom. The second kappa shape index (κ2) is 13.3. The average Bonchev–Trinajstić information content (AvgIpc) is 2.89. The molecule has 0 fully saturated rings. The Balaban J connectivity index is 2.09. The first-order valence-corrected chi connectivity index (χ1v) is 15.2. The molecular formula is C29H32Cl3N3O4S. The van der Waals surface area contributed by atoms with Gasteiger partial charge in [-0.15, -0.1) is 0 Å². The smallest absolute Gasteiger partial charge is 0.264 e. The van der Waals surface area contributed by atoms with Gasteiger partial charge in [-0.1, -0.05) is 64.6 Å². The highest BCUT2D eigenvalue weighted by atomic mass is 35.5. The molecule has 3 aromatic carbocycles. The van der Waals surface area contributed by atoms with Gasteiger partial charge in [-0.2, -0.15) is 0 Å². The Hall–Kier alpha value is -2.78. The molecule has 0 saturated heterocycles. The van der Waals surface area contributed by atoms with Gasteiger partial charge in [-0.25, -0.2) is 8.42 Å². The number of hydrogen-bond donors (Lipinski definition) is 1. The minimum atomic E-state index is -4.20. The van der Waals surface area contributed by atoms with Crippen LogP contribution in [-0.4, -0.2) is 43.8 Å². The molecule has 1 N–H and O–H groups in total. The number of sulfonamides is 1.